The van der Waals surface area contributed by atoms with Crippen molar-refractivity contribution in [3.8, 4) is 0 Å². The number of rotatable bonds is 4. The van der Waals surface area contributed by atoms with Gasteiger partial charge in [0.1, 0.15) is 5.69 Å². The fraction of sp³-hybridized carbons (Fsp3) is 0.706. The number of nitrogens with one attached hydrogen (secondary N) is 1. The quantitative estimate of drug-likeness (QED) is 0.878. The third-order valence-electron chi connectivity index (χ3n) is 5.16. The Balaban J connectivity index is 1.54. The standard InChI is InChI=1S/C17H24F3N5O/c1-12(15(26)22-13-4-2-3-5-13)24-8-10-25(11-9-24)16-21-7-6-14(23-16)17(18,19)20/h6-7,12-13H,2-5,8-11H2,1H3,(H,22,26). The van der Waals surface area contributed by atoms with Gasteiger partial charge in [-0.15, -0.1) is 0 Å². The van der Waals surface area contributed by atoms with Crippen LogP contribution in [0.3, 0.4) is 0 Å². The van der Waals surface area contributed by atoms with Gasteiger partial charge >= 0.3 is 6.18 Å². The monoisotopic (exact) mass is 371 g/mol. The van der Waals surface area contributed by atoms with Crippen molar-refractivity contribution in [1.29, 1.82) is 0 Å². The maximum Gasteiger partial charge on any atom is 0.433 e. The van der Waals surface area contributed by atoms with E-state index < -0.39 is 11.9 Å². The molecule has 9 heteroatoms. The van der Waals surface area contributed by atoms with E-state index >= 15 is 0 Å². The average Bonchev–Trinajstić information content (AvgIpc) is 3.13. The molecular formula is C17H24F3N5O. The second kappa shape index (κ2) is 7.77. The summed E-state index contributed by atoms with van der Waals surface area (Å²) in [5.41, 5.74) is -0.936. The second-order valence-corrected chi connectivity index (χ2v) is 6.93. The zero-order valence-corrected chi connectivity index (χ0v) is 14.8. The Morgan fingerprint density at radius 2 is 1.88 bits per heavy atom. The number of aromatic nitrogens is 2. The van der Waals surface area contributed by atoms with Crippen molar-refractivity contribution in [2.24, 2.45) is 0 Å². The zero-order valence-electron chi connectivity index (χ0n) is 14.8. The molecule has 1 aliphatic heterocycles. The number of piperazine rings is 1. The molecule has 1 atom stereocenters. The second-order valence-electron chi connectivity index (χ2n) is 6.93. The predicted octanol–water partition coefficient (Wildman–Crippen LogP) is 2.06. The summed E-state index contributed by atoms with van der Waals surface area (Å²) in [7, 11) is 0. The number of alkyl halides is 3. The van der Waals surface area contributed by atoms with Crippen LogP contribution in [0.1, 0.15) is 38.3 Å². The summed E-state index contributed by atoms with van der Waals surface area (Å²) in [6.07, 6.45) is 1.06. The van der Waals surface area contributed by atoms with Gasteiger partial charge in [0.25, 0.3) is 0 Å². The third-order valence-corrected chi connectivity index (χ3v) is 5.16. The lowest BCUT2D eigenvalue weighted by Crippen LogP contribution is -2.55. The Hall–Kier alpha value is -1.90. The first-order chi connectivity index (χ1) is 12.3. The maximum absolute atomic E-state index is 12.8. The summed E-state index contributed by atoms with van der Waals surface area (Å²) in [4.78, 5) is 23.8. The Kier molecular flexibility index (Phi) is 5.64. The molecule has 3 rings (SSSR count). The molecule has 1 saturated carbocycles. The number of hydrogen-bond donors (Lipinski definition) is 1. The average molecular weight is 371 g/mol. The highest BCUT2D eigenvalue weighted by Crippen LogP contribution is 2.28. The van der Waals surface area contributed by atoms with Crippen LogP contribution in [0, 0.1) is 0 Å². The van der Waals surface area contributed by atoms with E-state index in [1.165, 1.54) is 0 Å². The summed E-state index contributed by atoms with van der Waals surface area (Å²) >= 11 is 0. The van der Waals surface area contributed by atoms with Crippen molar-refractivity contribution in [2.75, 3.05) is 31.1 Å². The molecule has 1 aromatic rings. The zero-order chi connectivity index (χ0) is 18.7. The van der Waals surface area contributed by atoms with E-state index in [9.17, 15) is 18.0 Å². The summed E-state index contributed by atoms with van der Waals surface area (Å²) in [5.74, 6) is 0.114. The molecule has 26 heavy (non-hydrogen) atoms. The van der Waals surface area contributed by atoms with Crippen molar-refractivity contribution in [3.05, 3.63) is 18.0 Å². The van der Waals surface area contributed by atoms with E-state index in [-0.39, 0.29) is 23.9 Å². The van der Waals surface area contributed by atoms with Gasteiger partial charge in [-0.25, -0.2) is 9.97 Å². The van der Waals surface area contributed by atoms with Crippen molar-refractivity contribution >= 4 is 11.9 Å². The Morgan fingerprint density at radius 1 is 1.23 bits per heavy atom. The van der Waals surface area contributed by atoms with Gasteiger partial charge in [-0.05, 0) is 25.8 Å². The third kappa shape index (κ3) is 4.44. The number of carbonyl (C=O) groups is 1. The first-order valence-corrected chi connectivity index (χ1v) is 9.04. The lowest BCUT2D eigenvalue weighted by Gasteiger charge is -2.37. The van der Waals surface area contributed by atoms with Crippen molar-refractivity contribution in [3.63, 3.8) is 0 Å². The number of hydrogen-bond acceptors (Lipinski definition) is 5. The van der Waals surface area contributed by atoms with Gasteiger partial charge < -0.3 is 10.2 Å². The van der Waals surface area contributed by atoms with Crippen LogP contribution in [0.4, 0.5) is 19.1 Å². The van der Waals surface area contributed by atoms with Crippen LogP contribution in [0.25, 0.3) is 0 Å². The van der Waals surface area contributed by atoms with E-state index in [0.29, 0.717) is 26.2 Å². The van der Waals surface area contributed by atoms with Crippen molar-refractivity contribution < 1.29 is 18.0 Å². The molecule has 1 amide bonds. The molecule has 1 aliphatic carbocycles. The van der Waals surface area contributed by atoms with E-state index in [1.807, 2.05) is 11.8 Å². The van der Waals surface area contributed by atoms with E-state index in [4.69, 9.17) is 0 Å². The molecule has 1 unspecified atom stereocenters. The highest BCUT2D eigenvalue weighted by atomic mass is 19.4. The van der Waals surface area contributed by atoms with Crippen LogP contribution >= 0.6 is 0 Å². The van der Waals surface area contributed by atoms with Crippen molar-refractivity contribution in [2.45, 2.75) is 50.9 Å². The first kappa shape index (κ1) is 18.9. The summed E-state index contributed by atoms with van der Waals surface area (Å²) in [5, 5.41) is 3.10. The number of halogens is 3. The molecular weight excluding hydrogens is 347 g/mol. The van der Waals surface area contributed by atoms with Crippen molar-refractivity contribution in [1.82, 2.24) is 20.2 Å². The fourth-order valence-electron chi connectivity index (χ4n) is 3.53. The van der Waals surface area contributed by atoms with Gasteiger partial charge in [0.15, 0.2) is 0 Å². The number of anilines is 1. The van der Waals surface area contributed by atoms with Crippen LogP contribution in [0.5, 0.6) is 0 Å². The first-order valence-electron chi connectivity index (χ1n) is 9.04. The Bertz CT molecular complexity index is 625. The smallest absolute Gasteiger partial charge is 0.352 e. The SMILES string of the molecule is CC(C(=O)NC1CCCC1)N1CCN(c2nccc(C(F)(F)F)n2)CC1. The summed E-state index contributed by atoms with van der Waals surface area (Å²) in [6.45, 7) is 4.02. The van der Waals surface area contributed by atoms with E-state index in [2.05, 4.69) is 15.3 Å². The van der Waals surface area contributed by atoms with Crippen LogP contribution in [0.15, 0.2) is 12.3 Å². The molecule has 0 bridgehead atoms. The molecule has 0 aromatic carbocycles. The van der Waals surface area contributed by atoms with E-state index in [0.717, 1.165) is 37.9 Å². The van der Waals surface area contributed by atoms with Crippen LogP contribution in [-0.4, -0.2) is 59.0 Å². The normalized spacial score (nSPS) is 21.0. The minimum atomic E-state index is -4.48. The molecule has 6 nitrogen and oxygen atoms in total. The number of carbonyl (C=O) groups excluding carboxylic acids is 1. The highest BCUT2D eigenvalue weighted by molar-refractivity contribution is 5.81. The molecule has 1 aromatic heterocycles. The van der Waals surface area contributed by atoms with Gasteiger partial charge in [-0.1, -0.05) is 12.8 Å². The molecule has 0 spiro atoms. The lowest BCUT2D eigenvalue weighted by molar-refractivity contribution is -0.141. The van der Waals surface area contributed by atoms with Gasteiger partial charge in [0.2, 0.25) is 11.9 Å². The van der Waals surface area contributed by atoms with Crippen LogP contribution < -0.4 is 10.2 Å². The molecule has 1 saturated heterocycles. The van der Waals surface area contributed by atoms with Gasteiger partial charge in [0.05, 0.1) is 6.04 Å². The lowest BCUT2D eigenvalue weighted by atomic mass is 10.2. The number of nitrogens with zero attached hydrogens (tertiary/aromatic N) is 4. The number of amides is 1. The molecule has 2 aliphatic rings. The largest absolute Gasteiger partial charge is 0.433 e. The topological polar surface area (TPSA) is 61.4 Å². The van der Waals surface area contributed by atoms with Crippen LogP contribution in [-0.2, 0) is 11.0 Å². The molecule has 1 N–H and O–H groups in total. The Labute approximate surface area is 150 Å². The molecule has 2 fully saturated rings. The fourth-order valence-corrected chi connectivity index (χ4v) is 3.53. The Morgan fingerprint density at radius 3 is 2.50 bits per heavy atom. The summed E-state index contributed by atoms with van der Waals surface area (Å²) in [6, 6.07) is 0.903. The van der Waals surface area contributed by atoms with Gasteiger partial charge in [0, 0.05) is 38.4 Å². The van der Waals surface area contributed by atoms with Crippen LogP contribution in [0.2, 0.25) is 0 Å². The summed E-state index contributed by atoms with van der Waals surface area (Å²) < 4.78 is 38.4. The van der Waals surface area contributed by atoms with Gasteiger partial charge in [-0.3, -0.25) is 9.69 Å². The van der Waals surface area contributed by atoms with Gasteiger partial charge in [-0.2, -0.15) is 13.2 Å². The highest BCUT2D eigenvalue weighted by Gasteiger charge is 2.34. The molecule has 0 radical (unpaired) electrons. The molecule has 2 heterocycles. The predicted molar refractivity (Wildman–Crippen MR) is 90.7 cm³/mol. The van der Waals surface area contributed by atoms with E-state index in [1.54, 1.807) is 4.90 Å². The minimum Gasteiger partial charge on any atom is -0.352 e. The maximum atomic E-state index is 12.8. The minimum absolute atomic E-state index is 0.0284. The molecule has 144 valence electrons.